The van der Waals surface area contributed by atoms with Crippen molar-refractivity contribution in [2.75, 3.05) is 31.7 Å². The number of nitrogens with zero attached hydrogens (tertiary/aromatic N) is 4. The number of pyridine rings is 1. The molecule has 2 amide bonds. The highest BCUT2D eigenvalue weighted by molar-refractivity contribution is 6.11. The van der Waals surface area contributed by atoms with Gasteiger partial charge in [0.15, 0.2) is 0 Å². The Kier molecular flexibility index (Phi) is 6.77. The average molecular weight is 448 g/mol. The van der Waals surface area contributed by atoms with E-state index in [1.165, 1.54) is 10.9 Å². The minimum atomic E-state index is -0.462. The van der Waals surface area contributed by atoms with Crippen molar-refractivity contribution < 1.29 is 19.4 Å². The van der Waals surface area contributed by atoms with Crippen molar-refractivity contribution in [3.05, 3.63) is 72.3 Å². The third-order valence-corrected chi connectivity index (χ3v) is 4.95. The van der Waals surface area contributed by atoms with Gasteiger partial charge in [0.25, 0.3) is 11.8 Å². The van der Waals surface area contributed by atoms with Crippen molar-refractivity contribution in [2.24, 2.45) is 7.05 Å². The summed E-state index contributed by atoms with van der Waals surface area (Å²) in [7, 11) is 1.60. The maximum atomic E-state index is 13.0. The van der Waals surface area contributed by atoms with Gasteiger partial charge < -0.3 is 24.9 Å². The van der Waals surface area contributed by atoms with Gasteiger partial charge in [0.05, 0.1) is 37.3 Å². The molecule has 4 aromatic rings. The number of hydrogen-bond acceptors (Lipinski definition) is 6. The molecule has 3 N–H and O–H groups in total. The SMILES string of the molecule is Cn1ncc(C(=O)NCCOCCO)c1C(=O)Nc1ccn2cc(-c3ccccc3)nc2c1. The number of benzene rings is 1. The molecule has 0 fully saturated rings. The standard InChI is InChI=1S/C23H24N6O4/c1-28-21(18(14-25-28)22(31)24-8-11-33-12-10-30)23(32)26-17-7-9-29-15-19(27-20(29)13-17)16-5-3-2-4-6-16/h2-7,9,13-15,30H,8,10-12H2,1H3,(H,24,31)(H,26,32). The van der Waals surface area contributed by atoms with Gasteiger partial charge in [-0.05, 0) is 6.07 Å². The molecule has 3 heterocycles. The fourth-order valence-corrected chi connectivity index (χ4v) is 3.37. The first-order valence-electron chi connectivity index (χ1n) is 10.4. The van der Waals surface area contributed by atoms with Crippen molar-refractivity contribution in [1.82, 2.24) is 24.5 Å². The Morgan fingerprint density at radius 2 is 1.94 bits per heavy atom. The normalized spacial score (nSPS) is 11.0. The predicted octanol–water partition coefficient (Wildman–Crippen LogP) is 1.73. The van der Waals surface area contributed by atoms with E-state index in [0.717, 1.165) is 11.3 Å². The number of aryl methyl sites for hydroxylation is 1. The van der Waals surface area contributed by atoms with Crippen molar-refractivity contribution in [1.29, 1.82) is 0 Å². The van der Waals surface area contributed by atoms with E-state index in [2.05, 4.69) is 20.7 Å². The number of aliphatic hydroxyl groups excluding tert-OH is 1. The number of aromatic nitrogens is 4. The second kappa shape index (κ2) is 10.1. The summed E-state index contributed by atoms with van der Waals surface area (Å²) < 4.78 is 8.35. The topological polar surface area (TPSA) is 123 Å². The lowest BCUT2D eigenvalue weighted by atomic mass is 10.2. The fraction of sp³-hybridized carbons (Fsp3) is 0.217. The summed E-state index contributed by atoms with van der Waals surface area (Å²) >= 11 is 0. The highest BCUT2D eigenvalue weighted by Crippen LogP contribution is 2.21. The Balaban J connectivity index is 1.48. The summed E-state index contributed by atoms with van der Waals surface area (Å²) in [4.78, 5) is 30.1. The van der Waals surface area contributed by atoms with Crippen LogP contribution in [0.25, 0.3) is 16.9 Å². The molecule has 0 saturated heterocycles. The summed E-state index contributed by atoms with van der Waals surface area (Å²) in [6, 6.07) is 13.3. The summed E-state index contributed by atoms with van der Waals surface area (Å²) in [6.07, 6.45) is 5.08. The average Bonchev–Trinajstić information content (AvgIpc) is 3.42. The van der Waals surface area contributed by atoms with Crippen LogP contribution in [0.15, 0.2) is 61.1 Å². The highest BCUT2D eigenvalue weighted by atomic mass is 16.5. The van der Waals surface area contributed by atoms with Crippen LogP contribution in [-0.2, 0) is 11.8 Å². The first-order valence-corrected chi connectivity index (χ1v) is 10.4. The van der Waals surface area contributed by atoms with Crippen LogP contribution in [0.3, 0.4) is 0 Å². The lowest BCUT2D eigenvalue weighted by molar-refractivity contribution is 0.0834. The number of anilines is 1. The molecule has 3 aromatic heterocycles. The second-order valence-electron chi connectivity index (χ2n) is 7.25. The lowest BCUT2D eigenvalue weighted by Gasteiger charge is -2.09. The van der Waals surface area contributed by atoms with Crippen molar-refractivity contribution in [3.8, 4) is 11.3 Å². The van der Waals surface area contributed by atoms with Crippen molar-refractivity contribution >= 4 is 23.1 Å². The van der Waals surface area contributed by atoms with Crippen LogP contribution < -0.4 is 10.6 Å². The summed E-state index contributed by atoms with van der Waals surface area (Å²) in [5.74, 6) is -0.895. The zero-order valence-electron chi connectivity index (χ0n) is 18.1. The second-order valence-corrected chi connectivity index (χ2v) is 7.25. The minimum Gasteiger partial charge on any atom is -0.394 e. The van der Waals surface area contributed by atoms with Gasteiger partial charge in [-0.15, -0.1) is 0 Å². The van der Waals surface area contributed by atoms with Crippen LogP contribution in [0.1, 0.15) is 20.8 Å². The van der Waals surface area contributed by atoms with Crippen LogP contribution >= 0.6 is 0 Å². The molecule has 0 radical (unpaired) electrons. The number of rotatable bonds is 9. The molecular formula is C23H24N6O4. The van der Waals surface area contributed by atoms with Gasteiger partial charge in [-0.25, -0.2) is 4.98 Å². The number of hydrogen-bond donors (Lipinski definition) is 3. The Hall–Kier alpha value is -4.02. The molecule has 0 saturated carbocycles. The van der Waals surface area contributed by atoms with Gasteiger partial charge in [-0.1, -0.05) is 30.3 Å². The van der Waals surface area contributed by atoms with E-state index in [9.17, 15) is 9.59 Å². The molecular weight excluding hydrogens is 424 g/mol. The van der Waals surface area contributed by atoms with E-state index < -0.39 is 11.8 Å². The molecule has 170 valence electrons. The van der Waals surface area contributed by atoms with Crippen LogP contribution in [0.5, 0.6) is 0 Å². The quantitative estimate of drug-likeness (QED) is 0.335. The van der Waals surface area contributed by atoms with Crippen LogP contribution in [0.2, 0.25) is 0 Å². The molecule has 33 heavy (non-hydrogen) atoms. The molecule has 0 unspecified atom stereocenters. The van der Waals surface area contributed by atoms with Crippen molar-refractivity contribution in [2.45, 2.75) is 0 Å². The Bertz CT molecular complexity index is 1260. The Morgan fingerprint density at radius 3 is 2.73 bits per heavy atom. The van der Waals surface area contributed by atoms with E-state index >= 15 is 0 Å². The first-order chi connectivity index (χ1) is 16.1. The number of carbonyl (C=O) groups is 2. The number of imidazole rings is 1. The summed E-state index contributed by atoms with van der Waals surface area (Å²) in [5, 5.41) is 18.3. The zero-order chi connectivity index (χ0) is 23.2. The van der Waals surface area contributed by atoms with Gasteiger partial charge in [0.2, 0.25) is 0 Å². The maximum Gasteiger partial charge on any atom is 0.274 e. The minimum absolute atomic E-state index is 0.0843. The lowest BCUT2D eigenvalue weighted by Crippen LogP contribution is -2.29. The van der Waals surface area contributed by atoms with E-state index in [-0.39, 0.29) is 37.6 Å². The third-order valence-electron chi connectivity index (χ3n) is 4.95. The molecule has 0 aliphatic rings. The molecule has 0 bridgehead atoms. The number of amides is 2. The van der Waals surface area contributed by atoms with Crippen LogP contribution in [-0.4, -0.2) is 62.5 Å². The fourth-order valence-electron chi connectivity index (χ4n) is 3.37. The smallest absolute Gasteiger partial charge is 0.274 e. The first kappa shape index (κ1) is 22.2. The zero-order valence-corrected chi connectivity index (χ0v) is 18.1. The molecule has 0 aliphatic carbocycles. The van der Waals surface area contributed by atoms with Crippen molar-refractivity contribution in [3.63, 3.8) is 0 Å². The van der Waals surface area contributed by atoms with Gasteiger partial charge in [-0.3, -0.25) is 14.3 Å². The Morgan fingerprint density at radius 1 is 1.12 bits per heavy atom. The van der Waals surface area contributed by atoms with E-state index in [0.29, 0.717) is 11.3 Å². The highest BCUT2D eigenvalue weighted by Gasteiger charge is 2.22. The molecule has 0 atom stereocenters. The monoisotopic (exact) mass is 448 g/mol. The van der Waals surface area contributed by atoms with Crippen LogP contribution in [0, 0.1) is 0 Å². The van der Waals surface area contributed by atoms with E-state index in [1.807, 2.05) is 47.1 Å². The van der Waals surface area contributed by atoms with E-state index in [1.54, 1.807) is 19.2 Å². The van der Waals surface area contributed by atoms with Gasteiger partial charge >= 0.3 is 0 Å². The summed E-state index contributed by atoms with van der Waals surface area (Å²) in [5.41, 5.74) is 3.34. The molecule has 0 spiro atoms. The number of ether oxygens (including phenoxy) is 1. The number of fused-ring (bicyclic) bond motifs is 1. The molecule has 10 heteroatoms. The molecule has 10 nitrogen and oxygen atoms in total. The van der Waals surface area contributed by atoms with Gasteiger partial charge in [0.1, 0.15) is 11.3 Å². The number of aliphatic hydroxyl groups is 1. The van der Waals surface area contributed by atoms with Crippen LogP contribution in [0.4, 0.5) is 5.69 Å². The largest absolute Gasteiger partial charge is 0.394 e. The third kappa shape index (κ3) is 5.08. The van der Waals surface area contributed by atoms with Gasteiger partial charge in [0, 0.05) is 43.3 Å². The Labute approximate surface area is 189 Å². The molecule has 1 aromatic carbocycles. The predicted molar refractivity (Wildman–Crippen MR) is 122 cm³/mol. The number of carbonyl (C=O) groups excluding carboxylic acids is 2. The van der Waals surface area contributed by atoms with Gasteiger partial charge in [-0.2, -0.15) is 5.10 Å². The molecule has 4 rings (SSSR count). The summed E-state index contributed by atoms with van der Waals surface area (Å²) in [6.45, 7) is 0.613. The maximum absolute atomic E-state index is 13.0. The van der Waals surface area contributed by atoms with E-state index in [4.69, 9.17) is 9.84 Å². The molecule has 0 aliphatic heterocycles. The number of nitrogens with one attached hydrogen (secondary N) is 2.